The van der Waals surface area contributed by atoms with E-state index < -0.39 is 11.5 Å². The van der Waals surface area contributed by atoms with Gasteiger partial charge >= 0.3 is 0 Å². The molecular weight excluding hydrogens is 196 g/mol. The van der Waals surface area contributed by atoms with Gasteiger partial charge in [-0.2, -0.15) is 0 Å². The van der Waals surface area contributed by atoms with Crippen molar-refractivity contribution in [3.8, 4) is 0 Å². The van der Waals surface area contributed by atoms with E-state index in [0.29, 0.717) is 39.1 Å². The van der Waals surface area contributed by atoms with E-state index in [-0.39, 0.29) is 0 Å². The number of piperidine rings is 1. The Morgan fingerprint density at radius 1 is 1.27 bits per heavy atom. The van der Waals surface area contributed by atoms with Crippen LogP contribution in [0, 0.1) is 0 Å². The van der Waals surface area contributed by atoms with Crippen molar-refractivity contribution in [2.24, 2.45) is 0 Å². The third kappa shape index (κ3) is 2.00. The van der Waals surface area contributed by atoms with Gasteiger partial charge in [-0.1, -0.05) is 0 Å². The molecule has 2 heterocycles. The number of aliphatic carboxylic acids is 1. The van der Waals surface area contributed by atoms with Crippen LogP contribution in [0.3, 0.4) is 0 Å². The molecule has 2 aliphatic heterocycles. The monoisotopic (exact) mass is 214 g/mol. The van der Waals surface area contributed by atoms with Gasteiger partial charge in [-0.3, -0.25) is 4.90 Å². The fourth-order valence-electron chi connectivity index (χ4n) is 2.59. The normalized spacial score (nSPS) is 27.5. The van der Waals surface area contributed by atoms with Crippen LogP contribution in [-0.4, -0.2) is 55.8 Å². The molecule has 15 heavy (non-hydrogen) atoms. The van der Waals surface area contributed by atoms with Gasteiger partial charge in [0.15, 0.2) is 0 Å². The quantitative estimate of drug-likeness (QED) is 0.538. The van der Waals surface area contributed by atoms with Crippen molar-refractivity contribution in [3.63, 3.8) is 0 Å². The summed E-state index contributed by atoms with van der Waals surface area (Å²) >= 11 is 0. The molecule has 0 radical (unpaired) electrons. The van der Waals surface area contributed by atoms with E-state index in [1.807, 2.05) is 4.90 Å². The second-order valence-corrected chi connectivity index (χ2v) is 4.28. The van der Waals surface area contributed by atoms with Crippen LogP contribution in [0.25, 0.3) is 0 Å². The Balaban J connectivity index is 2.12. The number of carbonyl (C=O) groups excluding carboxylic acids is 1. The predicted octanol–water partition coefficient (Wildman–Crippen LogP) is -2.84. The van der Waals surface area contributed by atoms with Crippen molar-refractivity contribution in [2.75, 3.05) is 39.4 Å². The van der Waals surface area contributed by atoms with Crippen LogP contribution < -0.4 is 10.4 Å². The third-order valence-electron chi connectivity index (χ3n) is 3.52. The van der Waals surface area contributed by atoms with E-state index >= 15 is 0 Å². The molecule has 0 aliphatic carbocycles. The molecule has 2 rings (SSSR count). The molecule has 5 heteroatoms. The number of hydrogen-bond acceptors (Lipinski definition) is 4. The molecule has 0 amide bonds. The highest BCUT2D eigenvalue weighted by Crippen LogP contribution is 2.25. The largest absolute Gasteiger partial charge is 0.548 e. The molecule has 5 nitrogen and oxygen atoms in total. The molecule has 0 aromatic rings. The van der Waals surface area contributed by atoms with Gasteiger partial charge in [-0.25, -0.2) is 0 Å². The minimum atomic E-state index is -0.905. The topological polar surface area (TPSA) is 69.2 Å². The Hall–Kier alpha value is -0.650. The van der Waals surface area contributed by atoms with Crippen LogP contribution in [0.2, 0.25) is 0 Å². The van der Waals surface area contributed by atoms with E-state index in [4.69, 9.17) is 4.74 Å². The first-order valence-corrected chi connectivity index (χ1v) is 5.62. The number of nitrogens with zero attached hydrogens (tertiary/aromatic N) is 1. The van der Waals surface area contributed by atoms with Crippen LogP contribution in [0.5, 0.6) is 0 Å². The number of ether oxygens (including phenoxy) is 1. The minimum Gasteiger partial charge on any atom is -0.548 e. The molecule has 0 atom stereocenters. The summed E-state index contributed by atoms with van der Waals surface area (Å²) in [5.41, 5.74) is -0.724. The van der Waals surface area contributed by atoms with Gasteiger partial charge in [0.05, 0.1) is 37.8 Å². The highest BCUT2D eigenvalue weighted by atomic mass is 16.5. The molecule has 2 N–H and O–H groups in total. The summed E-state index contributed by atoms with van der Waals surface area (Å²) in [5, 5.41) is 13.5. The molecule has 2 aliphatic rings. The van der Waals surface area contributed by atoms with Gasteiger partial charge in [0.1, 0.15) is 0 Å². The van der Waals surface area contributed by atoms with Crippen LogP contribution in [-0.2, 0) is 9.53 Å². The lowest BCUT2D eigenvalue weighted by atomic mass is 9.86. The van der Waals surface area contributed by atoms with Crippen LogP contribution in [0.15, 0.2) is 0 Å². The lowest BCUT2D eigenvalue weighted by Crippen LogP contribution is -2.89. The summed E-state index contributed by atoms with van der Waals surface area (Å²) in [7, 11) is 0. The molecular formula is C10H18N2O3. The Labute approximate surface area is 89.4 Å². The lowest BCUT2D eigenvalue weighted by molar-refractivity contribution is -0.666. The average molecular weight is 214 g/mol. The van der Waals surface area contributed by atoms with Gasteiger partial charge in [0.2, 0.25) is 0 Å². The number of hydrogen-bond donors (Lipinski definition) is 1. The Kier molecular flexibility index (Phi) is 3.23. The van der Waals surface area contributed by atoms with E-state index in [1.54, 1.807) is 0 Å². The molecule has 86 valence electrons. The second-order valence-electron chi connectivity index (χ2n) is 4.28. The van der Waals surface area contributed by atoms with E-state index in [9.17, 15) is 9.90 Å². The molecule has 0 bridgehead atoms. The zero-order valence-electron chi connectivity index (χ0n) is 8.91. The molecule has 0 unspecified atom stereocenters. The summed E-state index contributed by atoms with van der Waals surface area (Å²) < 4.78 is 5.25. The number of carboxylic acids is 1. The van der Waals surface area contributed by atoms with Gasteiger partial charge in [-0.15, -0.1) is 0 Å². The Bertz CT molecular complexity index is 233. The zero-order chi connectivity index (χ0) is 10.7. The van der Waals surface area contributed by atoms with Gasteiger partial charge in [0, 0.05) is 25.9 Å². The number of nitrogens with two attached hydrogens (primary N) is 1. The van der Waals surface area contributed by atoms with Crippen molar-refractivity contribution in [3.05, 3.63) is 0 Å². The summed E-state index contributed by atoms with van der Waals surface area (Å²) in [4.78, 5) is 13.4. The minimum absolute atomic E-state index is 0.638. The SMILES string of the molecule is O=C([O-])C1(N2CCOCC2)CC[NH2+]CC1. The number of quaternary nitrogens is 1. The molecule has 0 saturated carbocycles. The van der Waals surface area contributed by atoms with Crippen LogP contribution in [0.4, 0.5) is 0 Å². The second kappa shape index (κ2) is 4.47. The highest BCUT2D eigenvalue weighted by Gasteiger charge is 2.41. The number of morpholine rings is 1. The summed E-state index contributed by atoms with van der Waals surface area (Å²) in [6.45, 7) is 4.47. The van der Waals surface area contributed by atoms with Gasteiger partial charge < -0.3 is 20.0 Å². The Morgan fingerprint density at radius 2 is 1.87 bits per heavy atom. The van der Waals surface area contributed by atoms with E-state index in [1.165, 1.54) is 0 Å². The standard InChI is InChI=1S/C10H18N2O3/c13-9(14)10(1-3-11-4-2-10)12-5-7-15-8-6-12/h11H,1-8H2,(H,13,14). The molecule has 0 spiro atoms. The molecule has 2 fully saturated rings. The van der Waals surface area contributed by atoms with Crippen molar-refractivity contribution in [1.29, 1.82) is 0 Å². The molecule has 0 aromatic carbocycles. The molecule has 2 saturated heterocycles. The van der Waals surface area contributed by atoms with Crippen LogP contribution >= 0.6 is 0 Å². The van der Waals surface area contributed by atoms with Crippen LogP contribution in [0.1, 0.15) is 12.8 Å². The summed E-state index contributed by atoms with van der Waals surface area (Å²) in [6.07, 6.45) is 1.38. The number of carbonyl (C=O) groups is 1. The first-order valence-electron chi connectivity index (χ1n) is 5.62. The predicted molar refractivity (Wildman–Crippen MR) is 51.0 cm³/mol. The van der Waals surface area contributed by atoms with Crippen molar-refractivity contribution in [2.45, 2.75) is 18.4 Å². The summed E-state index contributed by atoms with van der Waals surface area (Å²) in [6, 6.07) is 0. The average Bonchev–Trinajstić information content (AvgIpc) is 2.31. The van der Waals surface area contributed by atoms with E-state index in [2.05, 4.69) is 5.32 Å². The zero-order valence-corrected chi connectivity index (χ0v) is 8.91. The Morgan fingerprint density at radius 3 is 2.40 bits per heavy atom. The fraction of sp³-hybridized carbons (Fsp3) is 0.900. The third-order valence-corrected chi connectivity index (χ3v) is 3.52. The number of rotatable bonds is 2. The first kappa shape index (κ1) is 10.9. The lowest BCUT2D eigenvalue weighted by Gasteiger charge is -2.47. The smallest absolute Gasteiger partial charge is 0.0777 e. The fourth-order valence-corrected chi connectivity index (χ4v) is 2.59. The van der Waals surface area contributed by atoms with Gasteiger partial charge in [0.25, 0.3) is 0 Å². The first-order chi connectivity index (χ1) is 7.26. The van der Waals surface area contributed by atoms with Crippen molar-refractivity contribution in [1.82, 2.24) is 4.90 Å². The van der Waals surface area contributed by atoms with Crippen molar-refractivity contribution >= 4 is 5.97 Å². The number of carboxylic acid groups (broad SMARTS) is 1. The maximum absolute atomic E-state index is 11.4. The van der Waals surface area contributed by atoms with E-state index in [0.717, 1.165) is 13.1 Å². The highest BCUT2D eigenvalue weighted by molar-refractivity contribution is 5.76. The van der Waals surface area contributed by atoms with Gasteiger partial charge in [-0.05, 0) is 0 Å². The maximum atomic E-state index is 11.4. The van der Waals surface area contributed by atoms with Crippen molar-refractivity contribution < 1.29 is 20.0 Å². The maximum Gasteiger partial charge on any atom is 0.0777 e. The summed E-state index contributed by atoms with van der Waals surface area (Å²) in [5.74, 6) is -0.905. The molecule has 0 aromatic heterocycles.